The fourth-order valence-corrected chi connectivity index (χ4v) is 4.71. The molecule has 2 heterocycles. The molecule has 34 heavy (non-hydrogen) atoms. The standard InChI is InChI=1S/C26H28ClN3O3S/c1-30(13-14-32-2)17-20-5-3-4-6-22(20)18-7-9-19(10-8-18)23-15-21(33-29-23)16-28-26(31)24-11-12-25(27)34-24/h3-12,15,21,29H,13-14,16-17H2,1-2H3,(H,28,31). The molecule has 0 aliphatic carbocycles. The van der Waals surface area contributed by atoms with E-state index in [-0.39, 0.29) is 12.0 Å². The van der Waals surface area contributed by atoms with Crippen LogP contribution in [0, 0.1) is 0 Å². The van der Waals surface area contributed by atoms with E-state index >= 15 is 0 Å². The van der Waals surface area contributed by atoms with Crippen molar-refractivity contribution < 1.29 is 14.4 Å². The summed E-state index contributed by atoms with van der Waals surface area (Å²) in [6.07, 6.45) is 1.73. The highest BCUT2D eigenvalue weighted by Gasteiger charge is 2.19. The van der Waals surface area contributed by atoms with Gasteiger partial charge in [0.2, 0.25) is 0 Å². The Balaban J connectivity index is 1.39. The van der Waals surface area contributed by atoms with Gasteiger partial charge in [0.15, 0.2) is 0 Å². The van der Waals surface area contributed by atoms with Crippen molar-refractivity contribution in [3.63, 3.8) is 0 Å². The van der Waals surface area contributed by atoms with Gasteiger partial charge in [0, 0.05) is 20.2 Å². The summed E-state index contributed by atoms with van der Waals surface area (Å²) < 4.78 is 5.79. The second-order valence-electron chi connectivity index (χ2n) is 8.12. The van der Waals surface area contributed by atoms with Crippen LogP contribution in [0.1, 0.15) is 20.8 Å². The molecule has 1 atom stereocenters. The Morgan fingerprint density at radius 3 is 2.65 bits per heavy atom. The number of nitrogens with zero attached hydrogens (tertiary/aromatic N) is 1. The summed E-state index contributed by atoms with van der Waals surface area (Å²) in [5, 5.41) is 2.88. The van der Waals surface area contributed by atoms with Crippen LogP contribution in [0.3, 0.4) is 0 Å². The van der Waals surface area contributed by atoms with E-state index in [0.29, 0.717) is 22.4 Å². The van der Waals surface area contributed by atoms with E-state index in [4.69, 9.17) is 21.2 Å². The van der Waals surface area contributed by atoms with Crippen LogP contribution >= 0.6 is 22.9 Å². The average molecular weight is 498 g/mol. The first-order chi connectivity index (χ1) is 16.5. The van der Waals surface area contributed by atoms with Crippen molar-refractivity contribution in [3.8, 4) is 11.1 Å². The number of hydrogen-bond acceptors (Lipinski definition) is 6. The van der Waals surface area contributed by atoms with Gasteiger partial charge in [0.05, 0.1) is 28.1 Å². The van der Waals surface area contributed by atoms with Crippen LogP contribution in [0.4, 0.5) is 0 Å². The van der Waals surface area contributed by atoms with E-state index < -0.39 is 0 Å². The molecule has 0 saturated carbocycles. The number of hydroxylamine groups is 1. The topological polar surface area (TPSA) is 62.8 Å². The molecule has 0 bridgehead atoms. The number of ether oxygens (including phenoxy) is 1. The molecule has 2 N–H and O–H groups in total. The van der Waals surface area contributed by atoms with Crippen molar-refractivity contribution in [1.82, 2.24) is 15.7 Å². The van der Waals surface area contributed by atoms with Gasteiger partial charge in [-0.25, -0.2) is 0 Å². The fourth-order valence-electron chi connectivity index (χ4n) is 3.75. The molecular formula is C26H28ClN3O3S. The highest BCUT2D eigenvalue weighted by molar-refractivity contribution is 7.18. The summed E-state index contributed by atoms with van der Waals surface area (Å²) in [5.74, 6) is -0.154. The predicted octanol–water partition coefficient (Wildman–Crippen LogP) is 4.82. The lowest BCUT2D eigenvalue weighted by Gasteiger charge is -2.18. The minimum atomic E-state index is -0.252. The summed E-state index contributed by atoms with van der Waals surface area (Å²) in [4.78, 5) is 20.7. The third-order valence-corrected chi connectivity index (χ3v) is 6.81. The molecule has 0 saturated heterocycles. The second kappa shape index (κ2) is 11.6. The zero-order valence-corrected chi connectivity index (χ0v) is 20.8. The van der Waals surface area contributed by atoms with E-state index in [1.54, 1.807) is 19.2 Å². The van der Waals surface area contributed by atoms with Crippen molar-refractivity contribution in [3.05, 3.63) is 87.1 Å². The Morgan fingerprint density at radius 2 is 1.91 bits per heavy atom. The van der Waals surface area contributed by atoms with Crippen LogP contribution in [-0.4, -0.2) is 50.8 Å². The number of halogens is 1. The molecule has 1 aliphatic rings. The summed E-state index contributed by atoms with van der Waals surface area (Å²) in [7, 11) is 3.83. The zero-order chi connectivity index (χ0) is 23.9. The number of nitrogens with one attached hydrogen (secondary N) is 2. The fraction of sp³-hybridized carbons (Fsp3) is 0.269. The monoisotopic (exact) mass is 497 g/mol. The minimum Gasteiger partial charge on any atom is -0.383 e. The number of rotatable bonds is 10. The van der Waals surface area contributed by atoms with Crippen LogP contribution in [-0.2, 0) is 16.1 Å². The Labute approximate surface area is 209 Å². The molecule has 1 unspecified atom stereocenters. The third-order valence-electron chi connectivity index (χ3n) is 5.58. The Hall–Kier alpha value is -2.68. The molecule has 178 valence electrons. The van der Waals surface area contributed by atoms with Crippen molar-refractivity contribution in [2.24, 2.45) is 0 Å². The lowest BCUT2D eigenvalue weighted by Crippen LogP contribution is -2.31. The normalized spacial score (nSPS) is 15.3. The largest absolute Gasteiger partial charge is 0.383 e. The predicted molar refractivity (Wildman–Crippen MR) is 138 cm³/mol. The van der Waals surface area contributed by atoms with Gasteiger partial charge in [-0.15, -0.1) is 11.3 Å². The zero-order valence-electron chi connectivity index (χ0n) is 19.2. The molecule has 2 aromatic carbocycles. The van der Waals surface area contributed by atoms with Crippen molar-refractivity contribution in [1.29, 1.82) is 0 Å². The lowest BCUT2D eigenvalue weighted by atomic mass is 9.97. The van der Waals surface area contributed by atoms with Gasteiger partial charge in [0.1, 0.15) is 6.10 Å². The molecule has 4 rings (SSSR count). The maximum absolute atomic E-state index is 12.2. The van der Waals surface area contributed by atoms with Crippen LogP contribution in [0.15, 0.2) is 66.7 Å². The number of carbonyl (C=O) groups excluding carboxylic acids is 1. The lowest BCUT2D eigenvalue weighted by molar-refractivity contribution is 0.0499. The number of hydrogen-bond donors (Lipinski definition) is 2. The molecular weight excluding hydrogens is 470 g/mol. The first kappa shape index (κ1) is 24.4. The molecule has 1 aliphatic heterocycles. The molecule has 1 amide bonds. The Kier molecular flexibility index (Phi) is 8.37. The van der Waals surface area contributed by atoms with Gasteiger partial charge in [-0.05, 0) is 47.5 Å². The van der Waals surface area contributed by atoms with E-state index in [1.807, 2.05) is 6.08 Å². The molecule has 1 aromatic heterocycles. The highest BCUT2D eigenvalue weighted by Crippen LogP contribution is 2.27. The number of thiophene rings is 1. The molecule has 3 aromatic rings. The first-order valence-corrected chi connectivity index (χ1v) is 12.3. The maximum Gasteiger partial charge on any atom is 0.261 e. The van der Waals surface area contributed by atoms with Crippen LogP contribution in [0.5, 0.6) is 0 Å². The van der Waals surface area contributed by atoms with Crippen LogP contribution < -0.4 is 10.8 Å². The number of carbonyl (C=O) groups is 1. The molecule has 0 radical (unpaired) electrons. The highest BCUT2D eigenvalue weighted by atomic mass is 35.5. The summed E-state index contributed by atoms with van der Waals surface area (Å²) in [6.45, 7) is 2.82. The van der Waals surface area contributed by atoms with Crippen LogP contribution in [0.2, 0.25) is 4.34 Å². The number of amides is 1. The van der Waals surface area contributed by atoms with Gasteiger partial charge in [-0.2, -0.15) is 0 Å². The van der Waals surface area contributed by atoms with Crippen molar-refractivity contribution in [2.45, 2.75) is 12.6 Å². The van der Waals surface area contributed by atoms with E-state index in [2.05, 4.69) is 71.3 Å². The van der Waals surface area contributed by atoms with Gasteiger partial charge in [-0.1, -0.05) is 60.1 Å². The van der Waals surface area contributed by atoms with E-state index in [9.17, 15) is 4.79 Å². The van der Waals surface area contributed by atoms with Crippen LogP contribution in [0.25, 0.3) is 16.8 Å². The third kappa shape index (κ3) is 6.25. The number of likely N-dealkylation sites (N-methyl/N-ethyl adjacent to an activating group) is 1. The van der Waals surface area contributed by atoms with Crippen molar-refractivity contribution in [2.75, 3.05) is 33.9 Å². The minimum absolute atomic E-state index is 0.154. The van der Waals surface area contributed by atoms with Gasteiger partial charge < -0.3 is 10.1 Å². The maximum atomic E-state index is 12.2. The second-order valence-corrected chi connectivity index (χ2v) is 9.83. The molecule has 0 spiro atoms. The Bertz CT molecular complexity index is 1150. The molecule has 6 nitrogen and oxygen atoms in total. The Morgan fingerprint density at radius 1 is 1.15 bits per heavy atom. The molecule has 0 fully saturated rings. The van der Waals surface area contributed by atoms with Gasteiger partial charge >= 0.3 is 0 Å². The SMILES string of the molecule is COCCN(C)Cc1ccccc1-c1ccc(C2=CC(CNC(=O)c3ccc(Cl)s3)ON2)cc1. The molecule has 8 heteroatoms. The number of methoxy groups -OCH3 is 1. The van der Waals surface area contributed by atoms with Gasteiger partial charge in [-0.3, -0.25) is 20.0 Å². The summed E-state index contributed by atoms with van der Waals surface area (Å²) in [6, 6.07) is 20.3. The first-order valence-electron chi connectivity index (χ1n) is 11.1. The summed E-state index contributed by atoms with van der Waals surface area (Å²) >= 11 is 7.16. The van der Waals surface area contributed by atoms with Crippen molar-refractivity contribution >= 4 is 34.5 Å². The van der Waals surface area contributed by atoms with E-state index in [0.717, 1.165) is 29.9 Å². The van der Waals surface area contributed by atoms with E-state index in [1.165, 1.54) is 22.5 Å². The smallest absolute Gasteiger partial charge is 0.261 e. The summed E-state index contributed by atoms with van der Waals surface area (Å²) in [5.41, 5.74) is 8.55. The average Bonchev–Trinajstić information content (AvgIpc) is 3.51. The number of benzene rings is 2. The van der Waals surface area contributed by atoms with Gasteiger partial charge in [0.25, 0.3) is 5.91 Å². The quantitative estimate of drug-likeness (QED) is 0.420.